The monoisotopic (exact) mass is 741 g/mol. The number of benzene rings is 9. The number of hydrogen-bond donors (Lipinski definition) is 0. The third kappa shape index (κ3) is 4.91. The van der Waals surface area contributed by atoms with Gasteiger partial charge in [-0.1, -0.05) is 153 Å². The topological polar surface area (TPSA) is 51.8 Å². The average molecular weight is 742 g/mol. The summed E-state index contributed by atoms with van der Waals surface area (Å²) in [6.07, 6.45) is 0. The predicted molar refractivity (Wildman–Crippen MR) is 239 cm³/mol. The molecule has 4 nitrogen and oxygen atoms in total. The maximum absolute atomic E-state index is 6.30. The lowest BCUT2D eigenvalue weighted by Crippen LogP contribution is -2.14. The van der Waals surface area contributed by atoms with Crippen molar-refractivity contribution in [1.82, 2.24) is 15.0 Å². The summed E-state index contributed by atoms with van der Waals surface area (Å²) in [6.45, 7) is 4.70. The Kier molecular flexibility index (Phi) is 6.94. The minimum absolute atomic E-state index is 0.0815. The van der Waals surface area contributed by atoms with Crippen LogP contribution in [0.4, 0.5) is 0 Å². The highest BCUT2D eigenvalue weighted by atomic mass is 16.3. The van der Waals surface area contributed by atoms with Crippen LogP contribution in [-0.2, 0) is 5.41 Å². The normalized spacial score (nSPS) is 13.1. The van der Waals surface area contributed by atoms with E-state index in [-0.39, 0.29) is 5.41 Å². The summed E-state index contributed by atoms with van der Waals surface area (Å²) in [7, 11) is 0. The highest BCUT2D eigenvalue weighted by molar-refractivity contribution is 6.21. The molecule has 4 heteroatoms. The van der Waals surface area contributed by atoms with Crippen molar-refractivity contribution in [2.45, 2.75) is 19.3 Å². The van der Waals surface area contributed by atoms with Gasteiger partial charge in [0.25, 0.3) is 0 Å². The summed E-state index contributed by atoms with van der Waals surface area (Å²) >= 11 is 0. The zero-order chi connectivity index (χ0) is 38.5. The van der Waals surface area contributed by atoms with Crippen molar-refractivity contribution in [3.63, 3.8) is 0 Å². The zero-order valence-electron chi connectivity index (χ0n) is 32.0. The first-order valence-corrected chi connectivity index (χ1v) is 19.8. The molecule has 1 aliphatic rings. The van der Waals surface area contributed by atoms with Crippen molar-refractivity contribution in [2.75, 3.05) is 0 Å². The van der Waals surface area contributed by atoms with Crippen LogP contribution in [0.2, 0.25) is 0 Å². The van der Waals surface area contributed by atoms with E-state index in [1.54, 1.807) is 0 Å². The van der Waals surface area contributed by atoms with E-state index in [4.69, 9.17) is 19.4 Å². The lowest BCUT2D eigenvalue weighted by molar-refractivity contribution is 0.661. The standard InChI is InChI=1S/C54H35N3O/c1-54(2)45-19-8-6-16-40(45)44-30-36-25-23-33-22-24-35-29-38(26-27-39(35)49(33)43(36)31-46(44)54)52-55-51(37-15-10-14-34(28-37)32-12-4-3-5-13-32)56-53(57-52)42-18-11-21-48-50(42)41-17-7-9-20-47(41)58-48/h3-31H,1-2H3. The summed E-state index contributed by atoms with van der Waals surface area (Å²) in [5.74, 6) is 1.83. The molecular weight excluding hydrogens is 707 g/mol. The lowest BCUT2D eigenvalue weighted by atomic mass is 9.81. The summed E-state index contributed by atoms with van der Waals surface area (Å²) in [6, 6.07) is 62.5. The second-order valence-electron chi connectivity index (χ2n) is 16.0. The molecule has 1 aliphatic carbocycles. The van der Waals surface area contributed by atoms with Gasteiger partial charge in [-0.2, -0.15) is 0 Å². The number of furan rings is 1. The van der Waals surface area contributed by atoms with Gasteiger partial charge in [-0.05, 0) is 102 Å². The van der Waals surface area contributed by atoms with E-state index in [1.807, 2.05) is 36.4 Å². The smallest absolute Gasteiger partial charge is 0.164 e. The Labute approximate surface area is 335 Å². The highest BCUT2D eigenvalue weighted by Gasteiger charge is 2.35. The van der Waals surface area contributed by atoms with Crippen LogP contribution in [0, 0.1) is 0 Å². The third-order valence-electron chi connectivity index (χ3n) is 12.3. The summed E-state index contributed by atoms with van der Waals surface area (Å²) in [5, 5.41) is 9.39. The van der Waals surface area contributed by atoms with Gasteiger partial charge in [0.1, 0.15) is 11.2 Å². The quantitative estimate of drug-likeness (QED) is 0.169. The number of fused-ring (bicyclic) bond motifs is 11. The number of aromatic nitrogens is 3. The van der Waals surface area contributed by atoms with Gasteiger partial charge < -0.3 is 4.42 Å². The average Bonchev–Trinajstić information content (AvgIpc) is 3.77. The van der Waals surface area contributed by atoms with E-state index in [2.05, 4.69) is 153 Å². The molecule has 272 valence electrons. The summed E-state index contributed by atoms with van der Waals surface area (Å²) in [4.78, 5) is 15.7. The van der Waals surface area contributed by atoms with Gasteiger partial charge in [-0.15, -0.1) is 0 Å². The molecule has 12 rings (SSSR count). The number of nitrogens with zero attached hydrogens (tertiary/aromatic N) is 3. The summed E-state index contributed by atoms with van der Waals surface area (Å²) in [5.41, 5.74) is 12.0. The van der Waals surface area contributed by atoms with E-state index < -0.39 is 0 Å². The minimum Gasteiger partial charge on any atom is -0.456 e. The number of hydrogen-bond acceptors (Lipinski definition) is 4. The Morgan fingerprint density at radius 1 is 0.362 bits per heavy atom. The van der Waals surface area contributed by atoms with Gasteiger partial charge in [-0.3, -0.25) is 0 Å². The molecule has 0 bridgehead atoms. The van der Waals surface area contributed by atoms with Crippen molar-refractivity contribution in [1.29, 1.82) is 0 Å². The van der Waals surface area contributed by atoms with Crippen LogP contribution in [0.15, 0.2) is 180 Å². The van der Waals surface area contributed by atoms with E-state index >= 15 is 0 Å². The Balaban J connectivity index is 1.06. The third-order valence-corrected chi connectivity index (χ3v) is 12.3. The lowest BCUT2D eigenvalue weighted by Gasteiger charge is -2.22. The molecule has 11 aromatic rings. The van der Waals surface area contributed by atoms with Gasteiger partial charge in [-0.25, -0.2) is 15.0 Å². The summed E-state index contributed by atoms with van der Waals surface area (Å²) < 4.78 is 6.30. The van der Waals surface area contributed by atoms with E-state index in [0.29, 0.717) is 17.5 Å². The molecule has 0 spiro atoms. The fourth-order valence-electron chi connectivity index (χ4n) is 9.41. The number of rotatable bonds is 4. The fourth-order valence-corrected chi connectivity index (χ4v) is 9.41. The maximum Gasteiger partial charge on any atom is 0.164 e. The highest BCUT2D eigenvalue weighted by Crippen LogP contribution is 2.50. The van der Waals surface area contributed by atoms with Crippen LogP contribution in [0.5, 0.6) is 0 Å². The Morgan fingerprint density at radius 2 is 1.00 bits per heavy atom. The molecule has 0 radical (unpaired) electrons. The van der Waals surface area contributed by atoms with Crippen molar-refractivity contribution in [3.05, 3.63) is 187 Å². The molecule has 0 unspecified atom stereocenters. The first-order chi connectivity index (χ1) is 28.5. The second kappa shape index (κ2) is 12.3. The second-order valence-corrected chi connectivity index (χ2v) is 16.0. The SMILES string of the molecule is CC1(C)c2ccccc2-c2cc3ccc4ccc5cc(-c6nc(-c7cccc(-c8ccccc8)c7)nc(-c7cccc8oc9ccccc9c78)n6)ccc5c4c3cc21. The largest absolute Gasteiger partial charge is 0.456 e. The molecule has 0 aliphatic heterocycles. The van der Waals surface area contributed by atoms with Gasteiger partial charge in [0.2, 0.25) is 0 Å². The van der Waals surface area contributed by atoms with Crippen molar-refractivity contribution in [2.24, 2.45) is 0 Å². The Hall–Kier alpha value is -7.43. The van der Waals surface area contributed by atoms with Gasteiger partial charge in [0.15, 0.2) is 17.5 Å². The van der Waals surface area contributed by atoms with Crippen LogP contribution >= 0.6 is 0 Å². The van der Waals surface area contributed by atoms with Gasteiger partial charge in [0.05, 0.1) is 0 Å². The van der Waals surface area contributed by atoms with Crippen LogP contribution in [0.3, 0.4) is 0 Å². The van der Waals surface area contributed by atoms with Crippen LogP contribution in [0.1, 0.15) is 25.0 Å². The molecule has 58 heavy (non-hydrogen) atoms. The molecule has 2 heterocycles. The van der Waals surface area contributed by atoms with E-state index in [1.165, 1.54) is 49.2 Å². The molecule has 0 saturated carbocycles. The fraction of sp³-hybridized carbons (Fsp3) is 0.0556. The van der Waals surface area contributed by atoms with Crippen LogP contribution < -0.4 is 0 Å². The maximum atomic E-state index is 6.30. The first kappa shape index (κ1) is 32.8. The van der Waals surface area contributed by atoms with Crippen LogP contribution in [0.25, 0.3) is 111 Å². The minimum atomic E-state index is -0.0815. The molecule has 9 aromatic carbocycles. The van der Waals surface area contributed by atoms with Gasteiger partial charge in [0, 0.05) is 32.9 Å². The number of para-hydroxylation sites is 1. The Morgan fingerprint density at radius 3 is 1.86 bits per heavy atom. The van der Waals surface area contributed by atoms with Crippen molar-refractivity contribution >= 4 is 54.3 Å². The van der Waals surface area contributed by atoms with E-state index in [9.17, 15) is 0 Å². The predicted octanol–water partition coefficient (Wildman–Crippen LogP) is 14.2. The molecule has 2 aromatic heterocycles. The molecular formula is C54H35N3O. The van der Waals surface area contributed by atoms with E-state index in [0.717, 1.165) is 55.1 Å². The molecule has 0 N–H and O–H groups in total. The van der Waals surface area contributed by atoms with Crippen LogP contribution in [-0.4, -0.2) is 15.0 Å². The van der Waals surface area contributed by atoms with Crippen molar-refractivity contribution in [3.8, 4) is 56.4 Å². The molecule has 0 atom stereocenters. The zero-order valence-corrected chi connectivity index (χ0v) is 32.0. The Bertz CT molecular complexity index is 3490. The first-order valence-electron chi connectivity index (χ1n) is 19.8. The molecule has 0 fully saturated rings. The van der Waals surface area contributed by atoms with Crippen molar-refractivity contribution < 1.29 is 4.42 Å². The van der Waals surface area contributed by atoms with Gasteiger partial charge >= 0.3 is 0 Å². The molecule has 0 saturated heterocycles. The molecule has 0 amide bonds.